The van der Waals surface area contributed by atoms with Gasteiger partial charge < -0.3 is 9.88 Å². The van der Waals surface area contributed by atoms with E-state index in [0.29, 0.717) is 41.0 Å². The van der Waals surface area contributed by atoms with Crippen LogP contribution in [-0.2, 0) is 21.4 Å². The number of nitrogens with one attached hydrogen (secondary N) is 1. The highest BCUT2D eigenvalue weighted by atomic mass is 35.5. The molecule has 0 aliphatic rings. The van der Waals surface area contributed by atoms with Crippen LogP contribution in [0.15, 0.2) is 46.5 Å². The second kappa shape index (κ2) is 10.7. The second-order valence-corrected chi connectivity index (χ2v) is 11.3. The van der Waals surface area contributed by atoms with Gasteiger partial charge in [-0.05, 0) is 44.2 Å². The van der Waals surface area contributed by atoms with Crippen LogP contribution >= 0.6 is 35.0 Å². The van der Waals surface area contributed by atoms with Crippen molar-refractivity contribution < 1.29 is 13.2 Å². The maximum atomic E-state index is 12.9. The molecule has 3 rings (SSSR count). The van der Waals surface area contributed by atoms with Gasteiger partial charge in [-0.25, -0.2) is 13.4 Å². The zero-order valence-corrected chi connectivity index (χ0v) is 21.9. The van der Waals surface area contributed by atoms with Crippen molar-refractivity contribution in [2.24, 2.45) is 0 Å². The van der Waals surface area contributed by atoms with Crippen LogP contribution in [0.25, 0.3) is 11.0 Å². The number of aryl methyl sites for hydroxylation is 1. The normalized spacial score (nSPS) is 12.9. The molecule has 1 atom stereocenters. The van der Waals surface area contributed by atoms with E-state index in [1.807, 2.05) is 25.3 Å². The van der Waals surface area contributed by atoms with Crippen LogP contribution in [0.5, 0.6) is 0 Å². The minimum atomic E-state index is -3.59. The Kier molecular flexibility index (Phi) is 8.34. The van der Waals surface area contributed by atoms with Gasteiger partial charge in [0, 0.05) is 19.6 Å². The molecule has 1 N–H and O–H groups in total. The first-order valence-corrected chi connectivity index (χ1v) is 13.6. The lowest BCUT2D eigenvalue weighted by molar-refractivity contribution is -0.115. The summed E-state index contributed by atoms with van der Waals surface area (Å²) in [7, 11) is -3.59. The fourth-order valence-electron chi connectivity index (χ4n) is 3.40. The number of amides is 1. The number of thioether (sulfide) groups is 1. The fourth-order valence-corrected chi connectivity index (χ4v) is 6.22. The van der Waals surface area contributed by atoms with Gasteiger partial charge in [0.25, 0.3) is 0 Å². The number of imidazole rings is 1. The third-order valence-corrected chi connectivity index (χ3v) is 9.16. The smallest absolute Gasteiger partial charge is 0.243 e. The number of halogens is 2. The molecule has 0 spiro atoms. The van der Waals surface area contributed by atoms with Crippen LogP contribution in [-0.4, -0.2) is 46.5 Å². The lowest BCUT2D eigenvalue weighted by Crippen LogP contribution is -2.30. The van der Waals surface area contributed by atoms with E-state index in [2.05, 4.69) is 10.3 Å². The first-order valence-electron chi connectivity index (χ1n) is 10.6. The molecular weight excluding hydrogens is 503 g/mol. The third-order valence-electron chi connectivity index (χ3n) is 5.20. The maximum absolute atomic E-state index is 12.9. The third kappa shape index (κ3) is 5.33. The summed E-state index contributed by atoms with van der Waals surface area (Å²) < 4.78 is 29.2. The van der Waals surface area contributed by atoms with Crippen molar-refractivity contribution in [2.75, 3.05) is 18.4 Å². The van der Waals surface area contributed by atoms with Gasteiger partial charge in [-0.1, -0.05) is 54.9 Å². The highest BCUT2D eigenvalue weighted by molar-refractivity contribution is 8.00. The molecule has 0 aliphatic carbocycles. The van der Waals surface area contributed by atoms with Crippen molar-refractivity contribution in [3.8, 4) is 0 Å². The van der Waals surface area contributed by atoms with E-state index in [-0.39, 0.29) is 15.8 Å². The van der Waals surface area contributed by atoms with Crippen molar-refractivity contribution in [1.29, 1.82) is 0 Å². The van der Waals surface area contributed by atoms with Gasteiger partial charge in [-0.2, -0.15) is 4.31 Å². The van der Waals surface area contributed by atoms with E-state index >= 15 is 0 Å². The van der Waals surface area contributed by atoms with Gasteiger partial charge in [-0.15, -0.1) is 0 Å². The van der Waals surface area contributed by atoms with Gasteiger partial charge in [0.15, 0.2) is 5.16 Å². The van der Waals surface area contributed by atoms with Gasteiger partial charge in [0.1, 0.15) is 0 Å². The van der Waals surface area contributed by atoms with Crippen LogP contribution < -0.4 is 5.32 Å². The number of fused-ring (bicyclic) bond motifs is 1. The molecule has 0 fully saturated rings. The van der Waals surface area contributed by atoms with Crippen LogP contribution in [0.4, 0.5) is 5.69 Å². The molecule has 1 amide bonds. The topological polar surface area (TPSA) is 84.3 Å². The summed E-state index contributed by atoms with van der Waals surface area (Å²) in [6.45, 7) is 8.77. The van der Waals surface area contributed by atoms with Gasteiger partial charge >= 0.3 is 0 Å². The lowest BCUT2D eigenvalue weighted by atomic mass is 10.3. The number of carbonyl (C=O) groups excluding carboxylic acids is 1. The van der Waals surface area contributed by atoms with Gasteiger partial charge in [0.2, 0.25) is 15.9 Å². The monoisotopic (exact) mass is 528 g/mol. The first-order chi connectivity index (χ1) is 15.6. The molecule has 0 bridgehead atoms. The zero-order valence-electron chi connectivity index (χ0n) is 18.8. The molecule has 1 aromatic heterocycles. The number of aromatic nitrogens is 2. The summed E-state index contributed by atoms with van der Waals surface area (Å²) in [4.78, 5) is 17.6. The van der Waals surface area contributed by atoms with Crippen molar-refractivity contribution in [3.05, 3.63) is 46.4 Å². The van der Waals surface area contributed by atoms with Crippen LogP contribution in [0.1, 0.15) is 27.7 Å². The minimum Gasteiger partial charge on any atom is -0.324 e. The van der Waals surface area contributed by atoms with Crippen molar-refractivity contribution in [2.45, 2.75) is 49.5 Å². The molecule has 7 nitrogen and oxygen atoms in total. The number of sulfonamides is 1. The van der Waals surface area contributed by atoms with E-state index < -0.39 is 15.3 Å². The SMILES string of the molecule is CCN(CC)S(=O)(=O)c1ccc2c(c1)nc(SC(C)C(=O)Nc1cccc(Cl)c1Cl)n2CC. The van der Waals surface area contributed by atoms with Crippen LogP contribution in [0.3, 0.4) is 0 Å². The Bertz CT molecular complexity index is 1270. The quantitative estimate of drug-likeness (QED) is 0.370. The highest BCUT2D eigenvalue weighted by Gasteiger charge is 2.24. The van der Waals surface area contributed by atoms with Crippen LogP contribution in [0.2, 0.25) is 10.0 Å². The van der Waals surface area contributed by atoms with Crippen molar-refractivity contribution >= 4 is 67.6 Å². The lowest BCUT2D eigenvalue weighted by Gasteiger charge is -2.18. The first kappa shape index (κ1) is 25.8. The molecule has 0 radical (unpaired) electrons. The summed E-state index contributed by atoms with van der Waals surface area (Å²) in [6, 6.07) is 10.0. The zero-order chi connectivity index (χ0) is 24.3. The molecule has 0 saturated carbocycles. The van der Waals surface area contributed by atoms with E-state index in [1.165, 1.54) is 16.1 Å². The molecular formula is C22H26Cl2N4O3S2. The standard InChI is InChI=1S/C22H26Cl2N4O3S2/c1-5-27(6-2)33(30,31)15-11-12-19-18(13-15)26-22(28(19)7-3)32-14(4)21(29)25-17-10-8-9-16(23)20(17)24/h8-14H,5-7H2,1-4H3,(H,25,29). The minimum absolute atomic E-state index is 0.206. The van der Waals surface area contributed by atoms with E-state index in [9.17, 15) is 13.2 Å². The second-order valence-electron chi connectivity index (χ2n) is 7.23. The molecule has 1 unspecified atom stereocenters. The van der Waals surface area contributed by atoms with E-state index in [0.717, 1.165) is 5.52 Å². The fraction of sp³-hybridized carbons (Fsp3) is 0.364. The largest absolute Gasteiger partial charge is 0.324 e. The molecule has 0 aliphatic heterocycles. The van der Waals surface area contributed by atoms with Crippen molar-refractivity contribution in [3.63, 3.8) is 0 Å². The molecule has 33 heavy (non-hydrogen) atoms. The number of nitrogens with zero attached hydrogens (tertiary/aromatic N) is 3. The Labute approximate surface area is 208 Å². The summed E-state index contributed by atoms with van der Waals surface area (Å²) >= 11 is 13.5. The molecule has 2 aromatic carbocycles. The average Bonchev–Trinajstić information content (AvgIpc) is 3.13. The van der Waals surface area contributed by atoms with E-state index in [1.54, 1.807) is 43.3 Å². The molecule has 3 aromatic rings. The number of hydrogen-bond donors (Lipinski definition) is 1. The molecule has 178 valence electrons. The Morgan fingerprint density at radius 1 is 1.18 bits per heavy atom. The Hall–Kier alpha value is -1.78. The Morgan fingerprint density at radius 2 is 1.88 bits per heavy atom. The van der Waals surface area contributed by atoms with Gasteiger partial charge in [-0.3, -0.25) is 4.79 Å². The predicted molar refractivity (Wildman–Crippen MR) is 136 cm³/mol. The number of carbonyl (C=O) groups is 1. The Balaban J connectivity index is 1.88. The summed E-state index contributed by atoms with van der Waals surface area (Å²) in [6.07, 6.45) is 0. The average molecular weight is 530 g/mol. The molecule has 11 heteroatoms. The summed E-state index contributed by atoms with van der Waals surface area (Å²) in [5.41, 5.74) is 1.82. The number of rotatable bonds is 9. The highest BCUT2D eigenvalue weighted by Crippen LogP contribution is 2.32. The summed E-state index contributed by atoms with van der Waals surface area (Å²) in [5, 5.41) is 3.59. The number of anilines is 1. The maximum Gasteiger partial charge on any atom is 0.243 e. The molecule has 1 heterocycles. The Morgan fingerprint density at radius 3 is 2.52 bits per heavy atom. The summed E-state index contributed by atoms with van der Waals surface area (Å²) in [5.74, 6) is -0.247. The number of hydrogen-bond acceptors (Lipinski definition) is 5. The van der Waals surface area contributed by atoms with Crippen molar-refractivity contribution in [1.82, 2.24) is 13.9 Å². The predicted octanol–water partition coefficient (Wildman–Crippen LogP) is 5.51. The van der Waals surface area contributed by atoms with E-state index in [4.69, 9.17) is 23.2 Å². The van der Waals surface area contributed by atoms with Crippen LogP contribution in [0, 0.1) is 0 Å². The molecule has 0 saturated heterocycles. The van der Waals surface area contributed by atoms with Gasteiger partial charge in [0.05, 0.1) is 36.9 Å². The number of benzene rings is 2.